The SMILES string of the molecule is Cc1ccc(C)c(NC(=O)Cc2cnc[nH]2)c1. The maximum atomic E-state index is 11.8. The first-order chi connectivity index (χ1) is 8.15. The van der Waals surface area contributed by atoms with Crippen LogP contribution >= 0.6 is 0 Å². The zero-order valence-electron chi connectivity index (χ0n) is 9.95. The minimum Gasteiger partial charge on any atom is -0.348 e. The summed E-state index contributed by atoms with van der Waals surface area (Å²) in [5, 5.41) is 2.90. The second kappa shape index (κ2) is 4.82. The maximum Gasteiger partial charge on any atom is 0.230 e. The van der Waals surface area contributed by atoms with Crippen molar-refractivity contribution in [3.05, 3.63) is 47.5 Å². The molecule has 0 atom stereocenters. The predicted molar refractivity (Wildman–Crippen MR) is 66.8 cm³/mol. The van der Waals surface area contributed by atoms with Crippen LogP contribution in [0.4, 0.5) is 5.69 Å². The Kier molecular flexibility index (Phi) is 3.23. The van der Waals surface area contributed by atoms with Crippen LogP contribution in [0.2, 0.25) is 0 Å². The van der Waals surface area contributed by atoms with E-state index in [1.165, 1.54) is 0 Å². The van der Waals surface area contributed by atoms with Gasteiger partial charge in [-0.15, -0.1) is 0 Å². The van der Waals surface area contributed by atoms with Gasteiger partial charge in [-0.3, -0.25) is 4.79 Å². The molecule has 0 aliphatic carbocycles. The lowest BCUT2D eigenvalue weighted by Crippen LogP contribution is -2.15. The molecular formula is C13H15N3O. The molecular weight excluding hydrogens is 214 g/mol. The quantitative estimate of drug-likeness (QED) is 0.847. The number of hydrogen-bond donors (Lipinski definition) is 2. The number of amides is 1. The molecule has 2 N–H and O–H groups in total. The van der Waals surface area contributed by atoms with Gasteiger partial charge < -0.3 is 10.3 Å². The Labute approximate surface area is 100 Å². The summed E-state index contributed by atoms with van der Waals surface area (Å²) in [5.74, 6) is -0.0389. The van der Waals surface area contributed by atoms with Gasteiger partial charge in [-0.1, -0.05) is 12.1 Å². The van der Waals surface area contributed by atoms with Crippen LogP contribution in [0.5, 0.6) is 0 Å². The third-order valence-electron chi connectivity index (χ3n) is 2.57. The number of imidazole rings is 1. The van der Waals surface area contributed by atoms with Gasteiger partial charge in [0.15, 0.2) is 0 Å². The molecule has 88 valence electrons. The van der Waals surface area contributed by atoms with E-state index in [1.54, 1.807) is 12.5 Å². The molecule has 0 saturated carbocycles. The molecule has 4 nitrogen and oxygen atoms in total. The summed E-state index contributed by atoms with van der Waals surface area (Å²) >= 11 is 0. The van der Waals surface area contributed by atoms with E-state index in [9.17, 15) is 4.79 Å². The van der Waals surface area contributed by atoms with Gasteiger partial charge in [0, 0.05) is 17.6 Å². The summed E-state index contributed by atoms with van der Waals surface area (Å²) in [6, 6.07) is 6.00. The fourth-order valence-electron chi connectivity index (χ4n) is 1.62. The average molecular weight is 229 g/mol. The second-order valence-corrected chi connectivity index (χ2v) is 4.12. The molecule has 4 heteroatoms. The summed E-state index contributed by atoms with van der Waals surface area (Å²) in [7, 11) is 0. The van der Waals surface area contributed by atoms with Crippen LogP contribution < -0.4 is 5.32 Å². The van der Waals surface area contributed by atoms with Gasteiger partial charge >= 0.3 is 0 Å². The lowest BCUT2D eigenvalue weighted by Gasteiger charge is -2.08. The van der Waals surface area contributed by atoms with Gasteiger partial charge in [0.25, 0.3) is 0 Å². The number of benzene rings is 1. The van der Waals surface area contributed by atoms with Crippen molar-refractivity contribution in [3.63, 3.8) is 0 Å². The van der Waals surface area contributed by atoms with Gasteiger partial charge in [0.05, 0.1) is 12.7 Å². The Hall–Kier alpha value is -2.10. The molecule has 0 bridgehead atoms. The predicted octanol–water partition coefficient (Wildman–Crippen LogP) is 2.21. The Morgan fingerprint density at radius 3 is 2.94 bits per heavy atom. The molecule has 2 aromatic rings. The van der Waals surface area contributed by atoms with Crippen molar-refractivity contribution in [2.45, 2.75) is 20.3 Å². The van der Waals surface area contributed by atoms with E-state index in [2.05, 4.69) is 15.3 Å². The van der Waals surface area contributed by atoms with Gasteiger partial charge in [0.1, 0.15) is 0 Å². The zero-order chi connectivity index (χ0) is 12.3. The van der Waals surface area contributed by atoms with Gasteiger partial charge in [-0.2, -0.15) is 0 Å². The molecule has 0 spiro atoms. The Bertz CT molecular complexity index is 517. The number of nitrogens with zero attached hydrogens (tertiary/aromatic N) is 1. The van der Waals surface area contributed by atoms with E-state index in [4.69, 9.17) is 0 Å². The van der Waals surface area contributed by atoms with E-state index in [-0.39, 0.29) is 5.91 Å². The standard InChI is InChI=1S/C13H15N3O/c1-9-3-4-10(2)12(5-9)16-13(17)6-11-7-14-8-15-11/h3-5,7-8H,6H2,1-2H3,(H,14,15)(H,16,17). The highest BCUT2D eigenvalue weighted by molar-refractivity contribution is 5.92. The fourth-order valence-corrected chi connectivity index (χ4v) is 1.62. The lowest BCUT2D eigenvalue weighted by atomic mass is 10.1. The zero-order valence-corrected chi connectivity index (χ0v) is 9.95. The molecule has 0 saturated heterocycles. The van der Waals surface area contributed by atoms with Gasteiger partial charge in [-0.05, 0) is 31.0 Å². The van der Waals surface area contributed by atoms with Crippen molar-refractivity contribution in [3.8, 4) is 0 Å². The first-order valence-corrected chi connectivity index (χ1v) is 5.49. The van der Waals surface area contributed by atoms with E-state index in [0.717, 1.165) is 22.5 Å². The summed E-state index contributed by atoms with van der Waals surface area (Å²) in [5.41, 5.74) is 3.88. The van der Waals surface area contributed by atoms with Gasteiger partial charge in [-0.25, -0.2) is 4.98 Å². The summed E-state index contributed by atoms with van der Waals surface area (Å²) in [4.78, 5) is 18.6. The molecule has 0 unspecified atom stereocenters. The van der Waals surface area contributed by atoms with Crippen molar-refractivity contribution < 1.29 is 4.79 Å². The Morgan fingerprint density at radius 2 is 2.24 bits per heavy atom. The number of H-pyrrole nitrogens is 1. The largest absolute Gasteiger partial charge is 0.348 e. The van der Waals surface area contributed by atoms with Crippen LogP contribution in [-0.4, -0.2) is 15.9 Å². The van der Waals surface area contributed by atoms with Crippen molar-refractivity contribution in [1.29, 1.82) is 0 Å². The van der Waals surface area contributed by atoms with E-state index < -0.39 is 0 Å². The minimum atomic E-state index is -0.0389. The van der Waals surface area contributed by atoms with Crippen molar-refractivity contribution >= 4 is 11.6 Å². The molecule has 1 aromatic carbocycles. The number of carbonyl (C=O) groups excluding carboxylic acids is 1. The number of nitrogens with one attached hydrogen (secondary N) is 2. The molecule has 17 heavy (non-hydrogen) atoms. The number of aryl methyl sites for hydroxylation is 2. The number of rotatable bonds is 3. The van der Waals surface area contributed by atoms with E-state index in [1.807, 2.05) is 32.0 Å². The van der Waals surface area contributed by atoms with Crippen LogP contribution in [-0.2, 0) is 11.2 Å². The van der Waals surface area contributed by atoms with E-state index >= 15 is 0 Å². The molecule has 1 heterocycles. The molecule has 0 aliphatic heterocycles. The van der Waals surface area contributed by atoms with E-state index in [0.29, 0.717) is 6.42 Å². The third-order valence-corrected chi connectivity index (χ3v) is 2.57. The summed E-state index contributed by atoms with van der Waals surface area (Å²) < 4.78 is 0. The van der Waals surface area contributed by atoms with Crippen LogP contribution in [0, 0.1) is 13.8 Å². The number of anilines is 1. The van der Waals surface area contributed by atoms with Crippen LogP contribution in [0.3, 0.4) is 0 Å². The lowest BCUT2D eigenvalue weighted by molar-refractivity contribution is -0.115. The average Bonchev–Trinajstić information content (AvgIpc) is 2.76. The molecule has 0 radical (unpaired) electrons. The summed E-state index contributed by atoms with van der Waals surface area (Å²) in [6.07, 6.45) is 3.54. The molecule has 0 fully saturated rings. The first kappa shape index (κ1) is 11.4. The third kappa shape index (κ3) is 2.93. The number of carbonyl (C=O) groups is 1. The maximum absolute atomic E-state index is 11.8. The van der Waals surface area contributed by atoms with Crippen molar-refractivity contribution in [2.75, 3.05) is 5.32 Å². The number of hydrogen-bond acceptors (Lipinski definition) is 2. The van der Waals surface area contributed by atoms with Crippen molar-refractivity contribution in [2.24, 2.45) is 0 Å². The smallest absolute Gasteiger partial charge is 0.230 e. The molecule has 2 rings (SSSR count). The number of aromatic nitrogens is 2. The Morgan fingerprint density at radius 1 is 1.41 bits per heavy atom. The molecule has 1 aromatic heterocycles. The molecule has 1 amide bonds. The highest BCUT2D eigenvalue weighted by atomic mass is 16.1. The summed E-state index contributed by atoms with van der Waals surface area (Å²) in [6.45, 7) is 3.98. The molecule has 0 aliphatic rings. The minimum absolute atomic E-state index is 0.0389. The first-order valence-electron chi connectivity index (χ1n) is 5.49. The fraction of sp³-hybridized carbons (Fsp3) is 0.231. The van der Waals surface area contributed by atoms with Crippen LogP contribution in [0.1, 0.15) is 16.8 Å². The normalized spacial score (nSPS) is 10.2. The van der Waals surface area contributed by atoms with Crippen molar-refractivity contribution in [1.82, 2.24) is 9.97 Å². The highest BCUT2D eigenvalue weighted by Gasteiger charge is 2.06. The van der Waals surface area contributed by atoms with Gasteiger partial charge in [0.2, 0.25) is 5.91 Å². The van der Waals surface area contributed by atoms with Crippen LogP contribution in [0.15, 0.2) is 30.7 Å². The monoisotopic (exact) mass is 229 g/mol. The number of aromatic amines is 1. The Balaban J connectivity index is 2.05. The van der Waals surface area contributed by atoms with Crippen LogP contribution in [0.25, 0.3) is 0 Å². The topological polar surface area (TPSA) is 57.8 Å². The highest BCUT2D eigenvalue weighted by Crippen LogP contribution is 2.16. The second-order valence-electron chi connectivity index (χ2n) is 4.12.